The Kier molecular flexibility index (Phi) is 4.57. The molecule has 0 radical (unpaired) electrons. The van der Waals surface area contributed by atoms with E-state index in [4.69, 9.17) is 9.84 Å². The van der Waals surface area contributed by atoms with Crippen molar-refractivity contribution in [3.8, 4) is 0 Å². The molecule has 0 aliphatic rings. The Hall–Kier alpha value is -2.40. The summed E-state index contributed by atoms with van der Waals surface area (Å²) in [6.07, 6.45) is 4.46. The Morgan fingerprint density at radius 1 is 1.30 bits per heavy atom. The van der Waals surface area contributed by atoms with Crippen molar-refractivity contribution in [2.45, 2.75) is 26.2 Å². The fourth-order valence-corrected chi connectivity index (χ4v) is 2.89. The van der Waals surface area contributed by atoms with E-state index in [-0.39, 0.29) is 13.2 Å². The van der Waals surface area contributed by atoms with Crippen molar-refractivity contribution in [2.75, 3.05) is 13.2 Å². The van der Waals surface area contributed by atoms with Gasteiger partial charge < -0.3 is 14.8 Å². The number of benzene rings is 1. The van der Waals surface area contributed by atoms with Gasteiger partial charge in [-0.3, -0.25) is 0 Å². The normalized spacial score (nSPS) is 11.2. The topological polar surface area (TPSA) is 75.2 Å². The molecule has 3 aromatic rings. The number of aromatic nitrogens is 2. The molecule has 0 aliphatic carbocycles. The predicted octanol–water partition coefficient (Wildman–Crippen LogP) is 3.21. The van der Waals surface area contributed by atoms with E-state index >= 15 is 0 Å². The highest BCUT2D eigenvalue weighted by Gasteiger charge is 2.19. The fraction of sp³-hybridized carbons (Fsp3) is 0.333. The molecule has 0 amide bonds. The number of ether oxygens (including phenoxy) is 1. The van der Waals surface area contributed by atoms with E-state index in [2.05, 4.69) is 16.9 Å². The quantitative estimate of drug-likeness (QED) is 0.685. The summed E-state index contributed by atoms with van der Waals surface area (Å²) < 4.78 is 5.07. The number of H-pyrrole nitrogens is 1. The van der Waals surface area contributed by atoms with Crippen molar-refractivity contribution in [3.63, 3.8) is 0 Å². The summed E-state index contributed by atoms with van der Waals surface area (Å²) in [5.41, 5.74) is 3.23. The number of fused-ring (bicyclic) bond motifs is 3. The lowest BCUT2D eigenvalue weighted by Crippen LogP contribution is -2.13. The molecule has 1 aromatic carbocycles. The zero-order valence-electron chi connectivity index (χ0n) is 13.1. The molecule has 0 aliphatic heterocycles. The first-order valence-electron chi connectivity index (χ1n) is 7.92. The van der Waals surface area contributed by atoms with Crippen LogP contribution in [0.3, 0.4) is 0 Å². The summed E-state index contributed by atoms with van der Waals surface area (Å²) in [5.74, 6) is -0.475. The van der Waals surface area contributed by atoms with Gasteiger partial charge in [0.2, 0.25) is 0 Å². The number of para-hydroxylation sites is 1. The number of hydrogen-bond donors (Lipinski definition) is 2. The molecule has 0 atom stereocenters. The van der Waals surface area contributed by atoms with E-state index in [0.717, 1.165) is 46.6 Å². The number of esters is 1. The zero-order chi connectivity index (χ0) is 16.2. The first-order valence-corrected chi connectivity index (χ1v) is 7.92. The number of aryl methyl sites for hydroxylation is 1. The van der Waals surface area contributed by atoms with E-state index < -0.39 is 5.97 Å². The summed E-state index contributed by atoms with van der Waals surface area (Å²) in [6.45, 7) is 1.91. The van der Waals surface area contributed by atoms with Gasteiger partial charge in [0.15, 0.2) is 5.69 Å². The Bertz CT molecular complexity index is 839. The van der Waals surface area contributed by atoms with Crippen LogP contribution in [0.2, 0.25) is 0 Å². The molecule has 0 unspecified atom stereocenters. The summed E-state index contributed by atoms with van der Waals surface area (Å²) >= 11 is 0. The minimum Gasteiger partial charge on any atom is -0.459 e. The molecule has 0 spiro atoms. The summed E-state index contributed by atoms with van der Waals surface area (Å²) in [7, 11) is 0. The van der Waals surface area contributed by atoms with Gasteiger partial charge in [0, 0.05) is 16.3 Å². The van der Waals surface area contributed by atoms with Crippen LogP contribution in [0.5, 0.6) is 0 Å². The van der Waals surface area contributed by atoms with Crippen LogP contribution in [0, 0.1) is 0 Å². The maximum absolute atomic E-state index is 12.3. The van der Waals surface area contributed by atoms with Crippen LogP contribution in [-0.2, 0) is 11.2 Å². The average Bonchev–Trinajstić information content (AvgIpc) is 2.96. The Morgan fingerprint density at radius 2 is 2.13 bits per heavy atom. The smallest absolute Gasteiger partial charge is 0.357 e. The number of carbonyl (C=O) groups excluding carboxylic acids is 1. The monoisotopic (exact) mass is 312 g/mol. The lowest BCUT2D eigenvalue weighted by molar-refractivity contribution is 0.0426. The molecule has 2 aromatic heterocycles. The van der Waals surface area contributed by atoms with Gasteiger partial charge in [-0.1, -0.05) is 31.5 Å². The number of hydrogen-bond acceptors (Lipinski definition) is 4. The van der Waals surface area contributed by atoms with Crippen LogP contribution in [0.1, 0.15) is 35.8 Å². The van der Waals surface area contributed by atoms with Gasteiger partial charge in [0.1, 0.15) is 6.61 Å². The van der Waals surface area contributed by atoms with Gasteiger partial charge in [-0.15, -0.1) is 0 Å². The molecule has 0 bridgehead atoms. The van der Waals surface area contributed by atoms with E-state index in [1.807, 2.05) is 24.3 Å². The van der Waals surface area contributed by atoms with E-state index in [1.165, 1.54) is 0 Å². The number of nitrogens with zero attached hydrogens (tertiary/aromatic N) is 1. The first kappa shape index (κ1) is 15.5. The summed E-state index contributed by atoms with van der Waals surface area (Å²) in [6, 6.07) is 8.03. The molecule has 3 rings (SSSR count). The zero-order valence-corrected chi connectivity index (χ0v) is 13.1. The third-order valence-electron chi connectivity index (χ3n) is 3.94. The van der Waals surface area contributed by atoms with Crippen LogP contribution in [0.25, 0.3) is 21.8 Å². The number of pyridine rings is 1. The number of carbonyl (C=O) groups is 1. The first-order chi connectivity index (χ1) is 11.3. The summed E-state index contributed by atoms with van der Waals surface area (Å²) in [4.78, 5) is 20.0. The molecule has 120 valence electrons. The second-order valence-corrected chi connectivity index (χ2v) is 5.51. The highest BCUT2D eigenvalue weighted by Crippen LogP contribution is 2.30. The largest absolute Gasteiger partial charge is 0.459 e. The maximum atomic E-state index is 12.3. The maximum Gasteiger partial charge on any atom is 0.357 e. The van der Waals surface area contributed by atoms with Gasteiger partial charge in [-0.2, -0.15) is 0 Å². The Labute approximate surface area is 134 Å². The molecule has 2 N–H and O–H groups in total. The molecular formula is C18H20N2O3. The molecule has 5 nitrogen and oxygen atoms in total. The lowest BCUT2D eigenvalue weighted by Gasteiger charge is -2.10. The summed E-state index contributed by atoms with van der Waals surface area (Å²) in [5, 5.41) is 11.0. The van der Waals surface area contributed by atoms with Crippen LogP contribution >= 0.6 is 0 Å². The SMILES string of the molecule is CCCCc1c(C(=O)OCCO)ncc2[nH]c3ccccc3c12. The number of aliphatic hydroxyl groups is 1. The predicted molar refractivity (Wildman–Crippen MR) is 89.6 cm³/mol. The molecule has 0 fully saturated rings. The highest BCUT2D eigenvalue weighted by atomic mass is 16.5. The van der Waals surface area contributed by atoms with Crippen molar-refractivity contribution in [1.29, 1.82) is 0 Å². The van der Waals surface area contributed by atoms with Gasteiger partial charge in [-0.25, -0.2) is 9.78 Å². The van der Waals surface area contributed by atoms with E-state index in [9.17, 15) is 4.79 Å². The van der Waals surface area contributed by atoms with E-state index in [0.29, 0.717) is 5.69 Å². The van der Waals surface area contributed by atoms with Crippen LogP contribution < -0.4 is 0 Å². The number of nitrogens with one attached hydrogen (secondary N) is 1. The molecular weight excluding hydrogens is 292 g/mol. The minimum atomic E-state index is -0.475. The lowest BCUT2D eigenvalue weighted by atomic mass is 10.00. The number of rotatable bonds is 6. The Morgan fingerprint density at radius 3 is 2.91 bits per heavy atom. The van der Waals surface area contributed by atoms with Crippen molar-refractivity contribution in [1.82, 2.24) is 9.97 Å². The Balaban J connectivity index is 2.19. The number of aliphatic hydroxyl groups excluding tert-OH is 1. The minimum absolute atomic E-state index is 0.0142. The third kappa shape index (κ3) is 2.92. The van der Waals surface area contributed by atoms with Crippen LogP contribution in [-0.4, -0.2) is 34.3 Å². The van der Waals surface area contributed by atoms with Crippen molar-refractivity contribution < 1.29 is 14.6 Å². The second-order valence-electron chi connectivity index (χ2n) is 5.51. The van der Waals surface area contributed by atoms with Crippen molar-refractivity contribution >= 4 is 27.8 Å². The average molecular weight is 312 g/mol. The van der Waals surface area contributed by atoms with Crippen molar-refractivity contribution in [2.24, 2.45) is 0 Å². The molecule has 5 heteroatoms. The van der Waals surface area contributed by atoms with Crippen LogP contribution in [0.15, 0.2) is 30.5 Å². The van der Waals surface area contributed by atoms with Gasteiger partial charge in [-0.05, 0) is 24.5 Å². The molecule has 0 saturated heterocycles. The van der Waals surface area contributed by atoms with Gasteiger partial charge in [0.25, 0.3) is 0 Å². The van der Waals surface area contributed by atoms with Gasteiger partial charge >= 0.3 is 5.97 Å². The standard InChI is InChI=1S/C18H20N2O3/c1-2-3-6-13-16-12-7-4-5-8-14(12)20-15(16)11-19-17(13)18(22)23-10-9-21/h4-5,7-8,11,20-21H,2-3,6,9-10H2,1H3. The fourth-order valence-electron chi connectivity index (χ4n) is 2.89. The third-order valence-corrected chi connectivity index (χ3v) is 3.94. The van der Waals surface area contributed by atoms with Crippen molar-refractivity contribution in [3.05, 3.63) is 41.7 Å². The second kappa shape index (κ2) is 6.79. The number of aromatic amines is 1. The highest BCUT2D eigenvalue weighted by molar-refractivity contribution is 6.11. The molecule has 0 saturated carbocycles. The van der Waals surface area contributed by atoms with Gasteiger partial charge in [0.05, 0.1) is 18.3 Å². The molecule has 23 heavy (non-hydrogen) atoms. The molecule has 2 heterocycles. The number of unbranched alkanes of at least 4 members (excludes halogenated alkanes) is 1. The van der Waals surface area contributed by atoms with E-state index in [1.54, 1.807) is 6.20 Å². The van der Waals surface area contributed by atoms with Crippen LogP contribution in [0.4, 0.5) is 0 Å².